The molecule has 1 fully saturated rings. The molecule has 4 heteroatoms. The molecule has 2 rings (SSSR count). The molecule has 1 aromatic carbocycles. The van der Waals surface area contributed by atoms with Crippen LogP contribution in [-0.2, 0) is 16.1 Å². The van der Waals surface area contributed by atoms with Crippen LogP contribution in [0.25, 0.3) is 0 Å². The zero-order valence-corrected chi connectivity index (χ0v) is 11.9. The lowest BCUT2D eigenvalue weighted by molar-refractivity contribution is -0.140. The van der Waals surface area contributed by atoms with E-state index in [4.69, 9.17) is 4.74 Å². The highest BCUT2D eigenvalue weighted by Crippen LogP contribution is 2.17. The molecule has 1 aromatic rings. The highest BCUT2D eigenvalue weighted by molar-refractivity contribution is 5.80. The van der Waals surface area contributed by atoms with Crippen molar-refractivity contribution in [3.63, 3.8) is 0 Å². The Hall–Kier alpha value is -1.55. The van der Waals surface area contributed by atoms with Crippen LogP contribution in [0.4, 0.5) is 5.69 Å². The number of hydrogen-bond donors (Lipinski definition) is 0. The van der Waals surface area contributed by atoms with Crippen LogP contribution >= 0.6 is 0 Å². The summed E-state index contributed by atoms with van der Waals surface area (Å²) >= 11 is 0. The van der Waals surface area contributed by atoms with Crippen molar-refractivity contribution >= 4 is 11.6 Å². The van der Waals surface area contributed by atoms with Gasteiger partial charge in [-0.05, 0) is 30.5 Å². The lowest BCUT2D eigenvalue weighted by atomic mass is 10.1. The van der Waals surface area contributed by atoms with Crippen molar-refractivity contribution in [2.45, 2.75) is 25.5 Å². The first-order chi connectivity index (χ1) is 9.08. The van der Waals surface area contributed by atoms with Crippen LogP contribution in [0.1, 0.15) is 18.4 Å². The summed E-state index contributed by atoms with van der Waals surface area (Å²) in [5, 5.41) is 0. The van der Waals surface area contributed by atoms with Crippen LogP contribution in [0.2, 0.25) is 0 Å². The molecule has 0 aromatic heterocycles. The first-order valence-corrected chi connectivity index (χ1v) is 6.71. The Morgan fingerprint density at radius 3 is 2.47 bits per heavy atom. The summed E-state index contributed by atoms with van der Waals surface area (Å²) in [7, 11) is 5.87. The second-order valence-electron chi connectivity index (χ2n) is 5.26. The largest absolute Gasteiger partial charge is 0.378 e. The molecule has 1 saturated heterocycles. The summed E-state index contributed by atoms with van der Waals surface area (Å²) in [5.41, 5.74) is 2.30. The number of likely N-dealkylation sites (N-methyl/N-ethyl adjacent to an activating group) is 1. The molecule has 0 unspecified atom stereocenters. The molecule has 0 bridgehead atoms. The van der Waals surface area contributed by atoms with Crippen molar-refractivity contribution in [2.75, 3.05) is 32.6 Å². The predicted octanol–water partition coefficient (Wildman–Crippen LogP) is 1.89. The van der Waals surface area contributed by atoms with Crippen molar-refractivity contribution in [3.05, 3.63) is 29.8 Å². The molecule has 0 aliphatic carbocycles. The first kappa shape index (κ1) is 13.9. The van der Waals surface area contributed by atoms with Gasteiger partial charge >= 0.3 is 0 Å². The molecule has 104 valence electrons. The zero-order chi connectivity index (χ0) is 13.8. The van der Waals surface area contributed by atoms with Crippen LogP contribution in [0.15, 0.2) is 24.3 Å². The minimum atomic E-state index is -0.231. The Labute approximate surface area is 115 Å². The Balaban J connectivity index is 1.94. The van der Waals surface area contributed by atoms with Gasteiger partial charge in [0.15, 0.2) is 0 Å². The number of carbonyl (C=O) groups is 1. The molecule has 0 radical (unpaired) electrons. The summed E-state index contributed by atoms with van der Waals surface area (Å²) < 4.78 is 5.43. The van der Waals surface area contributed by atoms with E-state index in [1.165, 1.54) is 0 Å². The normalized spacial score (nSPS) is 18.4. The second kappa shape index (κ2) is 6.06. The summed E-state index contributed by atoms with van der Waals surface area (Å²) in [6, 6.07) is 8.27. The second-order valence-corrected chi connectivity index (χ2v) is 5.26. The SMILES string of the molecule is CN(Cc1ccc(N(C)C)cc1)C(=O)[C@@H]1CCCO1. The fourth-order valence-electron chi connectivity index (χ4n) is 2.27. The van der Waals surface area contributed by atoms with E-state index in [-0.39, 0.29) is 12.0 Å². The van der Waals surface area contributed by atoms with Gasteiger partial charge in [-0.1, -0.05) is 12.1 Å². The molecule has 1 atom stereocenters. The monoisotopic (exact) mass is 262 g/mol. The van der Waals surface area contributed by atoms with Gasteiger partial charge in [-0.3, -0.25) is 4.79 Å². The van der Waals surface area contributed by atoms with E-state index < -0.39 is 0 Å². The van der Waals surface area contributed by atoms with E-state index in [9.17, 15) is 4.79 Å². The van der Waals surface area contributed by atoms with Gasteiger partial charge in [0, 0.05) is 40.0 Å². The minimum absolute atomic E-state index is 0.0918. The van der Waals surface area contributed by atoms with Gasteiger partial charge in [0.2, 0.25) is 0 Å². The van der Waals surface area contributed by atoms with Crippen LogP contribution < -0.4 is 4.90 Å². The molecule has 1 aliphatic heterocycles. The van der Waals surface area contributed by atoms with Gasteiger partial charge in [0.05, 0.1) is 0 Å². The molecule has 0 spiro atoms. The first-order valence-electron chi connectivity index (χ1n) is 6.71. The van der Waals surface area contributed by atoms with Crippen molar-refractivity contribution in [3.8, 4) is 0 Å². The summed E-state index contributed by atoms with van der Waals surface area (Å²) in [5.74, 6) is 0.0918. The highest BCUT2D eigenvalue weighted by Gasteiger charge is 2.26. The van der Waals surface area contributed by atoms with E-state index in [1.54, 1.807) is 4.90 Å². The number of benzene rings is 1. The maximum atomic E-state index is 12.1. The molecular formula is C15H22N2O2. The Bertz CT molecular complexity index is 422. The third-order valence-corrected chi connectivity index (χ3v) is 3.45. The van der Waals surface area contributed by atoms with Crippen molar-refractivity contribution in [1.29, 1.82) is 0 Å². The maximum Gasteiger partial charge on any atom is 0.251 e. The maximum absolute atomic E-state index is 12.1. The van der Waals surface area contributed by atoms with Gasteiger partial charge in [0.25, 0.3) is 5.91 Å². The highest BCUT2D eigenvalue weighted by atomic mass is 16.5. The standard InChI is InChI=1S/C15H22N2O2/c1-16(2)13-8-6-12(7-9-13)11-17(3)15(18)14-5-4-10-19-14/h6-9,14H,4-5,10-11H2,1-3H3/t14-/m0/s1. The zero-order valence-electron chi connectivity index (χ0n) is 11.9. The molecule has 1 aliphatic rings. The van der Waals surface area contributed by atoms with E-state index in [2.05, 4.69) is 29.2 Å². The Kier molecular flexibility index (Phi) is 4.43. The predicted molar refractivity (Wildman–Crippen MR) is 76.2 cm³/mol. The number of amides is 1. The summed E-state index contributed by atoms with van der Waals surface area (Å²) in [4.78, 5) is 15.9. The smallest absolute Gasteiger partial charge is 0.251 e. The third-order valence-electron chi connectivity index (χ3n) is 3.45. The van der Waals surface area contributed by atoms with E-state index in [0.717, 1.165) is 24.1 Å². The summed E-state index contributed by atoms with van der Waals surface area (Å²) in [6.45, 7) is 1.34. The van der Waals surface area contributed by atoms with Crippen LogP contribution in [0.3, 0.4) is 0 Å². The van der Waals surface area contributed by atoms with E-state index in [1.807, 2.05) is 21.1 Å². The number of ether oxygens (including phenoxy) is 1. The van der Waals surface area contributed by atoms with E-state index >= 15 is 0 Å². The lowest BCUT2D eigenvalue weighted by Gasteiger charge is -2.21. The van der Waals surface area contributed by atoms with Crippen LogP contribution in [-0.4, -0.2) is 44.7 Å². The number of carbonyl (C=O) groups excluding carboxylic acids is 1. The lowest BCUT2D eigenvalue weighted by Crippen LogP contribution is -2.35. The van der Waals surface area contributed by atoms with Gasteiger partial charge in [-0.25, -0.2) is 0 Å². The summed E-state index contributed by atoms with van der Waals surface area (Å²) in [6.07, 6.45) is 1.61. The van der Waals surface area contributed by atoms with Crippen LogP contribution in [0, 0.1) is 0 Å². The minimum Gasteiger partial charge on any atom is -0.378 e. The van der Waals surface area contributed by atoms with Gasteiger partial charge in [0.1, 0.15) is 6.10 Å². The van der Waals surface area contributed by atoms with Crippen molar-refractivity contribution in [1.82, 2.24) is 4.90 Å². The molecule has 19 heavy (non-hydrogen) atoms. The van der Waals surface area contributed by atoms with Gasteiger partial charge < -0.3 is 14.5 Å². The molecular weight excluding hydrogens is 240 g/mol. The quantitative estimate of drug-likeness (QED) is 0.830. The molecule has 1 amide bonds. The number of hydrogen-bond acceptors (Lipinski definition) is 3. The molecule has 0 saturated carbocycles. The number of nitrogens with zero attached hydrogens (tertiary/aromatic N) is 2. The fraction of sp³-hybridized carbons (Fsp3) is 0.533. The average molecular weight is 262 g/mol. The number of rotatable bonds is 4. The topological polar surface area (TPSA) is 32.8 Å². The molecule has 1 heterocycles. The van der Waals surface area contributed by atoms with E-state index in [0.29, 0.717) is 13.2 Å². The van der Waals surface area contributed by atoms with Crippen LogP contribution in [0.5, 0.6) is 0 Å². The average Bonchev–Trinajstić information content (AvgIpc) is 2.92. The third kappa shape index (κ3) is 3.47. The Morgan fingerprint density at radius 1 is 1.26 bits per heavy atom. The molecule has 0 N–H and O–H groups in total. The Morgan fingerprint density at radius 2 is 1.95 bits per heavy atom. The molecule has 4 nitrogen and oxygen atoms in total. The van der Waals surface area contributed by atoms with Gasteiger partial charge in [-0.2, -0.15) is 0 Å². The number of anilines is 1. The van der Waals surface area contributed by atoms with Crippen molar-refractivity contribution in [2.24, 2.45) is 0 Å². The fourth-order valence-corrected chi connectivity index (χ4v) is 2.27. The van der Waals surface area contributed by atoms with Crippen molar-refractivity contribution < 1.29 is 9.53 Å². The van der Waals surface area contributed by atoms with Gasteiger partial charge in [-0.15, -0.1) is 0 Å².